The first-order chi connectivity index (χ1) is 13.3. The normalized spacial score (nSPS) is 16.5. The highest BCUT2D eigenvalue weighted by Crippen LogP contribution is 2.09. The van der Waals surface area contributed by atoms with Crippen LogP contribution in [-0.4, -0.2) is 93.8 Å². The lowest BCUT2D eigenvalue weighted by Gasteiger charge is -2.35. The molecule has 1 aliphatic heterocycles. The molecule has 0 aromatic rings. The second-order valence-electron chi connectivity index (χ2n) is 6.96. The average Bonchev–Trinajstić information content (AvgIpc) is 2.65. The third-order valence-corrected chi connectivity index (χ3v) is 6.07. The zero-order valence-corrected chi connectivity index (χ0v) is 18.6. The highest BCUT2D eigenvalue weighted by atomic mass is 32.2. The molecular weight excluding hydrogens is 382 g/mol. The summed E-state index contributed by atoms with van der Waals surface area (Å²) in [4.78, 5) is 18.3. The van der Waals surface area contributed by atoms with Crippen LogP contribution in [0.25, 0.3) is 0 Å². The van der Waals surface area contributed by atoms with E-state index in [4.69, 9.17) is 4.74 Å². The third kappa shape index (κ3) is 9.20. The molecule has 28 heavy (non-hydrogen) atoms. The van der Waals surface area contributed by atoms with Crippen molar-refractivity contribution in [1.82, 2.24) is 19.8 Å². The standard InChI is InChI=1S/C18H37N5O4S/c1-5-8-20-17(24)7-9-21-18(19-6-2)22-10-12-23(13-11-22)28(25,26)15-14-27-16(3)4/h16H,5-15H2,1-4H3,(H,19,21)(H,20,24). The van der Waals surface area contributed by atoms with Crippen molar-refractivity contribution in [3.05, 3.63) is 0 Å². The SMILES string of the molecule is CCCNC(=O)CCN=C(NCC)N1CCN(S(=O)(=O)CCOC(C)C)CC1. The number of rotatable bonds is 11. The lowest BCUT2D eigenvalue weighted by molar-refractivity contribution is -0.120. The van der Waals surface area contributed by atoms with Gasteiger partial charge in [-0.25, -0.2) is 8.42 Å². The highest BCUT2D eigenvalue weighted by molar-refractivity contribution is 7.89. The van der Waals surface area contributed by atoms with Gasteiger partial charge in [0.1, 0.15) is 0 Å². The minimum absolute atomic E-state index is 0.000905. The number of carbonyl (C=O) groups is 1. The van der Waals surface area contributed by atoms with Gasteiger partial charge in [0.05, 0.1) is 25.0 Å². The molecule has 10 heteroatoms. The van der Waals surface area contributed by atoms with E-state index in [2.05, 4.69) is 15.6 Å². The molecule has 1 amide bonds. The molecule has 0 radical (unpaired) electrons. The molecule has 0 bridgehead atoms. The number of piperazine rings is 1. The molecule has 2 N–H and O–H groups in total. The first-order valence-corrected chi connectivity index (χ1v) is 11.8. The summed E-state index contributed by atoms with van der Waals surface area (Å²) >= 11 is 0. The summed E-state index contributed by atoms with van der Waals surface area (Å²) in [5, 5.41) is 6.06. The highest BCUT2D eigenvalue weighted by Gasteiger charge is 2.28. The molecule has 1 fully saturated rings. The van der Waals surface area contributed by atoms with Crippen LogP contribution in [0.4, 0.5) is 0 Å². The Morgan fingerprint density at radius 1 is 1.14 bits per heavy atom. The molecule has 0 aromatic heterocycles. The van der Waals surface area contributed by atoms with Crippen molar-refractivity contribution in [2.75, 3.05) is 58.2 Å². The fourth-order valence-corrected chi connectivity index (χ4v) is 4.02. The number of hydrogen-bond acceptors (Lipinski definition) is 5. The van der Waals surface area contributed by atoms with E-state index in [1.807, 2.05) is 32.6 Å². The largest absolute Gasteiger partial charge is 0.378 e. The zero-order valence-electron chi connectivity index (χ0n) is 17.7. The van der Waals surface area contributed by atoms with E-state index < -0.39 is 10.0 Å². The molecule has 0 spiro atoms. The molecule has 0 unspecified atom stereocenters. The van der Waals surface area contributed by atoms with Crippen LogP contribution >= 0.6 is 0 Å². The Balaban J connectivity index is 2.52. The number of sulfonamides is 1. The Morgan fingerprint density at radius 3 is 2.39 bits per heavy atom. The van der Waals surface area contributed by atoms with Crippen molar-refractivity contribution in [2.45, 2.75) is 46.6 Å². The molecule has 1 heterocycles. The number of carbonyl (C=O) groups excluding carboxylic acids is 1. The maximum absolute atomic E-state index is 12.4. The fourth-order valence-electron chi connectivity index (χ4n) is 2.74. The maximum Gasteiger partial charge on any atom is 0.221 e. The van der Waals surface area contributed by atoms with Crippen molar-refractivity contribution in [3.8, 4) is 0 Å². The molecule has 1 aliphatic rings. The first kappa shape index (κ1) is 24.6. The zero-order chi connectivity index (χ0) is 21.0. The number of ether oxygens (including phenoxy) is 1. The lowest BCUT2D eigenvalue weighted by atomic mass is 10.3. The number of nitrogens with zero attached hydrogens (tertiary/aromatic N) is 3. The average molecular weight is 420 g/mol. The van der Waals surface area contributed by atoms with Gasteiger partial charge in [-0.1, -0.05) is 6.92 Å². The van der Waals surface area contributed by atoms with Crippen molar-refractivity contribution < 1.29 is 17.9 Å². The van der Waals surface area contributed by atoms with Crippen LogP contribution in [0.1, 0.15) is 40.5 Å². The van der Waals surface area contributed by atoms with Gasteiger partial charge in [0, 0.05) is 45.7 Å². The minimum atomic E-state index is -3.31. The quantitative estimate of drug-likeness (QED) is 0.367. The van der Waals surface area contributed by atoms with Crippen LogP contribution in [0.15, 0.2) is 4.99 Å². The molecule has 0 saturated carbocycles. The van der Waals surface area contributed by atoms with Crippen molar-refractivity contribution in [3.63, 3.8) is 0 Å². The van der Waals surface area contributed by atoms with E-state index in [1.54, 1.807) is 0 Å². The van der Waals surface area contributed by atoms with E-state index in [0.717, 1.165) is 12.4 Å². The summed E-state index contributed by atoms with van der Waals surface area (Å²) in [6.07, 6.45) is 1.28. The number of aliphatic imine (C=N–C) groups is 1. The number of nitrogens with one attached hydrogen (secondary N) is 2. The minimum Gasteiger partial charge on any atom is -0.378 e. The Hall–Kier alpha value is -1.39. The Kier molecular flexibility index (Phi) is 11.4. The van der Waals surface area contributed by atoms with Crippen molar-refractivity contribution in [1.29, 1.82) is 0 Å². The van der Waals surface area contributed by atoms with Crippen LogP contribution in [0.2, 0.25) is 0 Å². The number of guanidine groups is 1. The van der Waals surface area contributed by atoms with Crippen LogP contribution < -0.4 is 10.6 Å². The van der Waals surface area contributed by atoms with Crippen LogP contribution in [0, 0.1) is 0 Å². The van der Waals surface area contributed by atoms with Gasteiger partial charge in [-0.15, -0.1) is 0 Å². The Bertz CT molecular complexity index is 587. The number of hydrogen-bond donors (Lipinski definition) is 2. The smallest absolute Gasteiger partial charge is 0.221 e. The van der Waals surface area contributed by atoms with E-state index >= 15 is 0 Å². The molecule has 0 aromatic carbocycles. The van der Waals surface area contributed by atoms with Gasteiger partial charge in [-0.05, 0) is 27.2 Å². The van der Waals surface area contributed by atoms with Crippen molar-refractivity contribution >= 4 is 21.9 Å². The van der Waals surface area contributed by atoms with Gasteiger partial charge in [-0.3, -0.25) is 9.79 Å². The lowest BCUT2D eigenvalue weighted by Crippen LogP contribution is -2.54. The predicted molar refractivity (Wildman–Crippen MR) is 112 cm³/mol. The Morgan fingerprint density at radius 2 is 1.82 bits per heavy atom. The second-order valence-corrected chi connectivity index (χ2v) is 9.05. The van der Waals surface area contributed by atoms with E-state index in [0.29, 0.717) is 52.2 Å². The van der Waals surface area contributed by atoms with Gasteiger partial charge in [0.2, 0.25) is 15.9 Å². The molecule has 1 rings (SSSR count). The number of amides is 1. The van der Waals surface area contributed by atoms with Gasteiger partial charge in [-0.2, -0.15) is 4.31 Å². The summed E-state index contributed by atoms with van der Waals surface area (Å²) in [7, 11) is -3.31. The fraction of sp³-hybridized carbons (Fsp3) is 0.889. The van der Waals surface area contributed by atoms with Gasteiger partial charge in [0.25, 0.3) is 0 Å². The van der Waals surface area contributed by atoms with Crippen molar-refractivity contribution in [2.24, 2.45) is 4.99 Å². The summed E-state index contributed by atoms with van der Waals surface area (Å²) in [5.74, 6) is 0.735. The van der Waals surface area contributed by atoms with Gasteiger partial charge >= 0.3 is 0 Å². The second kappa shape index (κ2) is 12.9. The van der Waals surface area contributed by atoms with Crippen LogP contribution in [0.5, 0.6) is 0 Å². The maximum atomic E-state index is 12.4. The molecular formula is C18H37N5O4S. The summed E-state index contributed by atoms with van der Waals surface area (Å²) in [6.45, 7) is 11.8. The van der Waals surface area contributed by atoms with E-state index in [-0.39, 0.29) is 24.4 Å². The summed E-state index contributed by atoms with van der Waals surface area (Å²) < 4.78 is 31.8. The molecule has 0 atom stereocenters. The van der Waals surface area contributed by atoms with Gasteiger partial charge < -0.3 is 20.3 Å². The monoisotopic (exact) mass is 419 g/mol. The molecule has 1 saturated heterocycles. The predicted octanol–water partition coefficient (Wildman–Crippen LogP) is 0.241. The van der Waals surface area contributed by atoms with E-state index in [9.17, 15) is 13.2 Å². The topological polar surface area (TPSA) is 103 Å². The summed E-state index contributed by atoms with van der Waals surface area (Å²) in [5.41, 5.74) is 0. The van der Waals surface area contributed by atoms with Crippen LogP contribution in [0.3, 0.4) is 0 Å². The van der Waals surface area contributed by atoms with Crippen LogP contribution in [-0.2, 0) is 19.6 Å². The Labute approximate surface area is 169 Å². The molecule has 9 nitrogen and oxygen atoms in total. The molecule has 0 aliphatic carbocycles. The molecule has 164 valence electrons. The first-order valence-electron chi connectivity index (χ1n) is 10.2. The van der Waals surface area contributed by atoms with E-state index in [1.165, 1.54) is 4.31 Å². The third-order valence-electron chi connectivity index (χ3n) is 4.23. The van der Waals surface area contributed by atoms with Gasteiger partial charge in [0.15, 0.2) is 5.96 Å². The summed E-state index contributed by atoms with van der Waals surface area (Å²) in [6, 6.07) is 0.